The van der Waals surface area contributed by atoms with Crippen molar-refractivity contribution in [3.8, 4) is 39.4 Å². The topological polar surface area (TPSA) is 65.7 Å². The van der Waals surface area contributed by atoms with Crippen molar-refractivity contribution in [2.75, 3.05) is 0 Å². The van der Waals surface area contributed by atoms with Gasteiger partial charge in [0.15, 0.2) is 5.54 Å². The lowest BCUT2D eigenvalue weighted by Gasteiger charge is -2.34. The molecule has 0 aliphatic heterocycles. The van der Waals surface area contributed by atoms with Crippen molar-refractivity contribution in [2.24, 2.45) is 0 Å². The van der Waals surface area contributed by atoms with Gasteiger partial charge in [0, 0.05) is 28.6 Å². The van der Waals surface area contributed by atoms with E-state index in [4.69, 9.17) is 20.1 Å². The maximum absolute atomic E-state index is 13.8. The smallest absolute Gasteiger partial charge is 0.205 e. The maximum Gasteiger partial charge on any atom is 0.205 e. The zero-order valence-corrected chi connectivity index (χ0v) is 29.4. The normalized spacial score (nSPS) is 11.4. The molecular formula is C46H36FN5O. The average Bonchev–Trinajstić information content (AvgIpc) is 3.70. The SMILES string of the molecule is Cc1cc(OCc2ccc(-c3ccccc3)c(-c3nnn(C(c4ccccc4)(c4ccccc4)c4ccccc4)n3)c2)c(-c2ccc(F)cc2)c(C)n1. The first-order valence-electron chi connectivity index (χ1n) is 17.5. The van der Waals surface area contributed by atoms with Crippen molar-refractivity contribution >= 4 is 0 Å². The van der Waals surface area contributed by atoms with Gasteiger partial charge in [0.05, 0.1) is 0 Å². The van der Waals surface area contributed by atoms with E-state index in [0.717, 1.165) is 61.5 Å². The van der Waals surface area contributed by atoms with E-state index < -0.39 is 5.54 Å². The second kappa shape index (κ2) is 14.5. The van der Waals surface area contributed by atoms with Crippen molar-refractivity contribution in [1.29, 1.82) is 0 Å². The Morgan fingerprint density at radius 2 is 1.17 bits per heavy atom. The van der Waals surface area contributed by atoms with Crippen LogP contribution in [0.25, 0.3) is 33.6 Å². The van der Waals surface area contributed by atoms with Gasteiger partial charge in [-0.1, -0.05) is 146 Å². The molecule has 0 aliphatic rings. The Morgan fingerprint density at radius 3 is 1.75 bits per heavy atom. The Morgan fingerprint density at radius 1 is 0.604 bits per heavy atom. The van der Waals surface area contributed by atoms with Crippen LogP contribution >= 0.6 is 0 Å². The van der Waals surface area contributed by atoms with Gasteiger partial charge in [0.2, 0.25) is 5.82 Å². The van der Waals surface area contributed by atoms with E-state index in [1.807, 2.05) is 92.7 Å². The number of hydrogen-bond acceptors (Lipinski definition) is 5. The summed E-state index contributed by atoms with van der Waals surface area (Å²) in [6, 6.07) is 55.7. The summed E-state index contributed by atoms with van der Waals surface area (Å²) in [7, 11) is 0. The van der Waals surface area contributed by atoms with Crippen LogP contribution in [0.5, 0.6) is 5.75 Å². The van der Waals surface area contributed by atoms with Crippen LogP contribution in [0.15, 0.2) is 170 Å². The van der Waals surface area contributed by atoms with Crippen LogP contribution in [-0.2, 0) is 12.1 Å². The number of aromatic nitrogens is 5. The minimum absolute atomic E-state index is 0.273. The third-order valence-electron chi connectivity index (χ3n) is 9.52. The molecule has 258 valence electrons. The lowest BCUT2D eigenvalue weighted by Crippen LogP contribution is -2.39. The van der Waals surface area contributed by atoms with Gasteiger partial charge in [-0.05, 0) is 76.2 Å². The number of halogens is 1. The molecule has 2 aromatic heterocycles. The summed E-state index contributed by atoms with van der Waals surface area (Å²) in [4.78, 5) is 6.42. The summed E-state index contributed by atoms with van der Waals surface area (Å²) < 4.78 is 20.4. The fraction of sp³-hybridized carbons (Fsp3) is 0.0870. The van der Waals surface area contributed by atoms with Crippen LogP contribution in [0.3, 0.4) is 0 Å². The molecule has 2 heterocycles. The Balaban J connectivity index is 1.25. The molecule has 8 aromatic rings. The van der Waals surface area contributed by atoms with Crippen LogP contribution < -0.4 is 4.74 Å². The molecule has 0 bridgehead atoms. The molecule has 0 saturated heterocycles. The standard InChI is InChI=1S/C46H36FN5O/c1-32-29-43(44(33(2)48-32)36-24-26-40(47)27-25-36)53-31-34-23-28-41(35-15-7-3-8-16-35)42(30-34)45-49-51-52(50-45)46(37-17-9-4-10-18-37,38-19-11-5-12-20-38)39-21-13-6-14-22-39/h3-30H,31H2,1-2H3. The molecule has 0 unspecified atom stereocenters. The van der Waals surface area contributed by atoms with Crippen molar-refractivity contribution in [3.63, 3.8) is 0 Å². The highest BCUT2D eigenvalue weighted by Crippen LogP contribution is 2.41. The van der Waals surface area contributed by atoms with Gasteiger partial charge in [0.1, 0.15) is 18.2 Å². The fourth-order valence-corrected chi connectivity index (χ4v) is 7.12. The quantitative estimate of drug-likeness (QED) is 0.133. The molecule has 0 radical (unpaired) electrons. The first kappa shape index (κ1) is 33.4. The number of aryl methyl sites for hydroxylation is 2. The summed E-state index contributed by atoms with van der Waals surface area (Å²) >= 11 is 0. The number of ether oxygens (including phenoxy) is 1. The van der Waals surface area contributed by atoms with E-state index >= 15 is 0 Å². The van der Waals surface area contributed by atoms with Gasteiger partial charge in [-0.15, -0.1) is 15.0 Å². The number of tetrazole rings is 1. The zero-order valence-electron chi connectivity index (χ0n) is 29.4. The Hall–Kier alpha value is -6.73. The number of nitrogens with zero attached hydrogens (tertiary/aromatic N) is 5. The van der Waals surface area contributed by atoms with Crippen LogP contribution in [0.4, 0.5) is 4.39 Å². The predicted molar refractivity (Wildman–Crippen MR) is 207 cm³/mol. The van der Waals surface area contributed by atoms with E-state index in [1.54, 1.807) is 16.9 Å². The zero-order chi connectivity index (χ0) is 36.2. The molecule has 0 atom stereocenters. The van der Waals surface area contributed by atoms with Crippen LogP contribution in [0.2, 0.25) is 0 Å². The van der Waals surface area contributed by atoms with Crippen LogP contribution in [0, 0.1) is 19.7 Å². The molecule has 8 rings (SSSR count). The Kier molecular flexibility index (Phi) is 9.13. The number of hydrogen-bond donors (Lipinski definition) is 0. The summed E-state index contributed by atoms with van der Waals surface area (Å²) in [6.07, 6.45) is 0. The van der Waals surface area contributed by atoms with Gasteiger partial charge >= 0.3 is 0 Å². The molecule has 0 aliphatic carbocycles. The van der Waals surface area contributed by atoms with Crippen molar-refractivity contribution in [1.82, 2.24) is 25.2 Å². The molecular weight excluding hydrogens is 658 g/mol. The highest BCUT2D eigenvalue weighted by Gasteiger charge is 2.41. The number of benzene rings is 6. The van der Waals surface area contributed by atoms with Crippen molar-refractivity contribution < 1.29 is 9.13 Å². The average molecular weight is 694 g/mol. The lowest BCUT2D eigenvalue weighted by atomic mass is 9.77. The minimum Gasteiger partial charge on any atom is -0.488 e. The highest BCUT2D eigenvalue weighted by molar-refractivity contribution is 5.81. The molecule has 53 heavy (non-hydrogen) atoms. The molecule has 7 heteroatoms. The van der Waals surface area contributed by atoms with Gasteiger partial charge in [-0.25, -0.2) is 4.39 Å². The third kappa shape index (κ3) is 6.49. The monoisotopic (exact) mass is 693 g/mol. The van der Waals surface area contributed by atoms with Crippen LogP contribution in [-0.4, -0.2) is 25.2 Å². The molecule has 0 amide bonds. The van der Waals surface area contributed by atoms with Crippen molar-refractivity contribution in [3.05, 3.63) is 209 Å². The summed E-state index contributed by atoms with van der Waals surface area (Å²) in [6.45, 7) is 4.16. The number of pyridine rings is 1. The maximum atomic E-state index is 13.8. The van der Waals surface area contributed by atoms with Gasteiger partial charge in [0.25, 0.3) is 0 Å². The van der Waals surface area contributed by atoms with E-state index in [-0.39, 0.29) is 12.4 Å². The van der Waals surface area contributed by atoms with Gasteiger partial charge < -0.3 is 4.74 Å². The molecule has 0 spiro atoms. The lowest BCUT2D eigenvalue weighted by molar-refractivity contribution is 0.307. The van der Waals surface area contributed by atoms with E-state index in [9.17, 15) is 4.39 Å². The Labute approximate surface area is 308 Å². The molecule has 6 aromatic carbocycles. The summed E-state index contributed by atoms with van der Waals surface area (Å²) in [5.41, 5.74) is 9.19. The van der Waals surface area contributed by atoms with E-state index in [0.29, 0.717) is 11.6 Å². The first-order chi connectivity index (χ1) is 26.0. The Bertz CT molecular complexity index is 2370. The van der Waals surface area contributed by atoms with E-state index in [2.05, 4.69) is 71.7 Å². The van der Waals surface area contributed by atoms with Gasteiger partial charge in [-0.2, -0.15) is 0 Å². The second-order valence-corrected chi connectivity index (χ2v) is 13.0. The number of rotatable bonds is 10. The largest absolute Gasteiger partial charge is 0.488 e. The molecule has 0 N–H and O–H groups in total. The van der Waals surface area contributed by atoms with Gasteiger partial charge in [-0.3, -0.25) is 4.98 Å². The molecule has 0 fully saturated rings. The van der Waals surface area contributed by atoms with Crippen molar-refractivity contribution in [2.45, 2.75) is 26.0 Å². The highest BCUT2D eigenvalue weighted by atomic mass is 19.1. The third-order valence-corrected chi connectivity index (χ3v) is 9.52. The van der Waals surface area contributed by atoms with Crippen LogP contribution in [0.1, 0.15) is 33.6 Å². The fourth-order valence-electron chi connectivity index (χ4n) is 7.12. The second-order valence-electron chi connectivity index (χ2n) is 13.0. The van der Waals surface area contributed by atoms with E-state index in [1.165, 1.54) is 12.1 Å². The molecule has 6 nitrogen and oxygen atoms in total. The summed E-state index contributed by atoms with van der Waals surface area (Å²) in [5.74, 6) is 0.872. The molecule has 0 saturated carbocycles. The predicted octanol–water partition coefficient (Wildman–Crippen LogP) is 10.2. The summed E-state index contributed by atoms with van der Waals surface area (Å²) in [5, 5.41) is 14.8. The minimum atomic E-state index is -0.906. The first-order valence-corrected chi connectivity index (χ1v) is 17.5.